The molecule has 4 aliphatic rings. The zero-order chi connectivity index (χ0) is 27.5. The summed E-state index contributed by atoms with van der Waals surface area (Å²) < 4.78 is 23.5. The number of hydrogen-bond acceptors (Lipinski definition) is 9. The highest BCUT2D eigenvalue weighted by Gasteiger charge is 2.80. The van der Waals surface area contributed by atoms with Crippen LogP contribution in [0.3, 0.4) is 0 Å². The standard InChI is InChI=1S/C28H38O9/c1-14-19-11-20(35-16(3)30)23-27(13-34-15(2)29)10-8-9-26(6,7)21(27)12-22(36-17(4)31)28(23,24(14)33)25(19)37-18(5)32/h19-23,25H,1,8-13H2,2-7H3/t19-,20-,21+,22+,23-,25+,27-,28?/m0/s1. The zero-order valence-corrected chi connectivity index (χ0v) is 22.6. The molecule has 0 N–H and O–H groups in total. The summed E-state index contributed by atoms with van der Waals surface area (Å²) in [5, 5.41) is 0. The highest BCUT2D eigenvalue weighted by atomic mass is 16.6. The summed E-state index contributed by atoms with van der Waals surface area (Å²) in [6.45, 7) is 13.6. The number of carbonyl (C=O) groups is 5. The molecule has 9 nitrogen and oxygen atoms in total. The summed E-state index contributed by atoms with van der Waals surface area (Å²) in [6.07, 6.45) is 0.244. The third kappa shape index (κ3) is 4.09. The van der Waals surface area contributed by atoms with Gasteiger partial charge in [0, 0.05) is 44.9 Å². The van der Waals surface area contributed by atoms with E-state index in [4.69, 9.17) is 18.9 Å². The molecule has 4 saturated carbocycles. The Labute approximate surface area is 217 Å². The van der Waals surface area contributed by atoms with Crippen LogP contribution in [0.15, 0.2) is 12.2 Å². The van der Waals surface area contributed by atoms with Gasteiger partial charge in [-0.05, 0) is 42.6 Å². The molecule has 204 valence electrons. The average Bonchev–Trinajstić information content (AvgIpc) is 2.88. The Morgan fingerprint density at radius 3 is 2.08 bits per heavy atom. The fourth-order valence-corrected chi connectivity index (χ4v) is 8.61. The molecule has 0 aromatic carbocycles. The quantitative estimate of drug-likeness (QED) is 0.306. The van der Waals surface area contributed by atoms with E-state index in [0.29, 0.717) is 12.8 Å². The molecule has 4 aliphatic carbocycles. The zero-order valence-electron chi connectivity index (χ0n) is 22.6. The number of ether oxygens (including phenoxy) is 4. The fraction of sp³-hybridized carbons (Fsp3) is 0.750. The third-order valence-corrected chi connectivity index (χ3v) is 9.51. The van der Waals surface area contributed by atoms with Crippen molar-refractivity contribution in [2.24, 2.45) is 34.0 Å². The van der Waals surface area contributed by atoms with Crippen LogP contribution in [0.5, 0.6) is 0 Å². The number of carbonyl (C=O) groups excluding carboxylic acids is 5. The molecule has 9 heteroatoms. The van der Waals surface area contributed by atoms with Crippen molar-refractivity contribution in [1.29, 1.82) is 0 Å². The predicted molar refractivity (Wildman–Crippen MR) is 130 cm³/mol. The lowest BCUT2D eigenvalue weighted by atomic mass is 9.38. The maximum atomic E-state index is 14.3. The van der Waals surface area contributed by atoms with Crippen LogP contribution in [-0.4, -0.2) is 54.6 Å². The molecule has 37 heavy (non-hydrogen) atoms. The second-order valence-electron chi connectivity index (χ2n) is 12.0. The van der Waals surface area contributed by atoms with E-state index in [1.165, 1.54) is 27.7 Å². The fourth-order valence-electron chi connectivity index (χ4n) is 8.61. The van der Waals surface area contributed by atoms with Crippen LogP contribution in [0.25, 0.3) is 0 Å². The molecule has 1 unspecified atom stereocenters. The van der Waals surface area contributed by atoms with Gasteiger partial charge in [0.25, 0.3) is 0 Å². The molecule has 0 aliphatic heterocycles. The number of rotatable bonds is 5. The summed E-state index contributed by atoms with van der Waals surface area (Å²) in [7, 11) is 0. The Morgan fingerprint density at radius 2 is 1.51 bits per heavy atom. The molecular weight excluding hydrogens is 480 g/mol. The van der Waals surface area contributed by atoms with Crippen molar-refractivity contribution >= 4 is 29.7 Å². The summed E-state index contributed by atoms with van der Waals surface area (Å²) in [6, 6.07) is 0. The molecule has 0 aromatic heterocycles. The largest absolute Gasteiger partial charge is 0.465 e. The molecule has 4 fully saturated rings. The van der Waals surface area contributed by atoms with Crippen LogP contribution >= 0.6 is 0 Å². The second kappa shape index (κ2) is 9.24. The number of esters is 4. The van der Waals surface area contributed by atoms with Crippen molar-refractivity contribution in [3.8, 4) is 0 Å². The topological polar surface area (TPSA) is 122 Å². The Bertz CT molecular complexity index is 1040. The Balaban J connectivity index is 2.04. The number of Topliss-reactive ketones (excluding diaryl/α,β-unsaturated/α-hetero) is 1. The first-order valence-electron chi connectivity index (χ1n) is 13.1. The maximum absolute atomic E-state index is 14.3. The molecule has 0 aromatic rings. The van der Waals surface area contributed by atoms with Gasteiger partial charge in [-0.2, -0.15) is 0 Å². The first kappa shape index (κ1) is 27.3. The molecule has 0 saturated heterocycles. The predicted octanol–water partition coefficient (Wildman–Crippen LogP) is 3.32. The Morgan fingerprint density at radius 1 is 0.892 bits per heavy atom. The van der Waals surface area contributed by atoms with E-state index in [-0.39, 0.29) is 35.7 Å². The summed E-state index contributed by atoms with van der Waals surface area (Å²) in [4.78, 5) is 63.6. The van der Waals surface area contributed by atoms with Crippen LogP contribution in [0.1, 0.15) is 73.6 Å². The lowest BCUT2D eigenvalue weighted by Crippen LogP contribution is -2.73. The monoisotopic (exact) mass is 518 g/mol. The van der Waals surface area contributed by atoms with Crippen molar-refractivity contribution < 1.29 is 42.9 Å². The first-order chi connectivity index (χ1) is 17.2. The minimum atomic E-state index is -1.51. The van der Waals surface area contributed by atoms with E-state index in [0.717, 1.165) is 12.8 Å². The van der Waals surface area contributed by atoms with Gasteiger partial charge in [-0.15, -0.1) is 0 Å². The maximum Gasteiger partial charge on any atom is 0.302 e. The van der Waals surface area contributed by atoms with Crippen LogP contribution < -0.4 is 0 Å². The summed E-state index contributed by atoms with van der Waals surface area (Å²) in [5.41, 5.74) is -2.28. The van der Waals surface area contributed by atoms with E-state index in [2.05, 4.69) is 20.4 Å². The van der Waals surface area contributed by atoms with E-state index in [1.54, 1.807) is 0 Å². The van der Waals surface area contributed by atoms with Gasteiger partial charge in [0.15, 0.2) is 5.78 Å². The lowest BCUT2D eigenvalue weighted by molar-refractivity contribution is -0.273. The Hall–Kier alpha value is -2.71. The van der Waals surface area contributed by atoms with Crippen molar-refractivity contribution in [3.63, 3.8) is 0 Å². The van der Waals surface area contributed by atoms with Gasteiger partial charge in [0.1, 0.15) is 23.7 Å². The summed E-state index contributed by atoms with van der Waals surface area (Å²) in [5.74, 6) is -3.87. The van der Waals surface area contributed by atoms with Gasteiger partial charge < -0.3 is 18.9 Å². The first-order valence-corrected chi connectivity index (χ1v) is 13.1. The second-order valence-corrected chi connectivity index (χ2v) is 12.0. The van der Waals surface area contributed by atoms with Gasteiger partial charge in [0.05, 0.1) is 6.61 Å². The normalized spacial score (nSPS) is 39.6. The minimum Gasteiger partial charge on any atom is -0.465 e. The SMILES string of the molecule is C=C1C(=O)C23[C@H](OC(C)=O)[C@H]1C[C@H](OC(C)=O)[C@H]2[C@]1(COC(C)=O)CCCC(C)(C)[C@H]1C[C@H]3OC(C)=O. The lowest BCUT2D eigenvalue weighted by Gasteiger charge is -2.67. The smallest absolute Gasteiger partial charge is 0.302 e. The molecule has 4 rings (SSSR count). The van der Waals surface area contributed by atoms with Crippen LogP contribution in [-0.2, 0) is 42.9 Å². The van der Waals surface area contributed by atoms with Crippen molar-refractivity contribution in [1.82, 2.24) is 0 Å². The molecule has 2 bridgehead atoms. The number of ketones is 1. The van der Waals surface area contributed by atoms with Gasteiger partial charge in [-0.1, -0.05) is 26.8 Å². The van der Waals surface area contributed by atoms with Gasteiger partial charge >= 0.3 is 23.9 Å². The number of fused-ring (bicyclic) bond motifs is 3. The molecule has 8 atom stereocenters. The van der Waals surface area contributed by atoms with Crippen molar-refractivity contribution in [2.75, 3.05) is 6.61 Å². The van der Waals surface area contributed by atoms with E-state index in [1.807, 2.05) is 0 Å². The molecule has 0 amide bonds. The van der Waals surface area contributed by atoms with Crippen LogP contribution in [0.2, 0.25) is 0 Å². The van der Waals surface area contributed by atoms with Gasteiger partial charge in [-0.3, -0.25) is 24.0 Å². The highest BCUT2D eigenvalue weighted by Crippen LogP contribution is 2.72. The third-order valence-electron chi connectivity index (χ3n) is 9.51. The highest BCUT2D eigenvalue weighted by molar-refractivity contribution is 6.05. The van der Waals surface area contributed by atoms with Crippen LogP contribution in [0.4, 0.5) is 0 Å². The minimum absolute atomic E-state index is 0.0185. The number of hydrogen-bond donors (Lipinski definition) is 0. The molecule has 0 radical (unpaired) electrons. The molecule has 1 spiro atoms. The van der Waals surface area contributed by atoms with Crippen molar-refractivity contribution in [3.05, 3.63) is 12.2 Å². The summed E-state index contributed by atoms with van der Waals surface area (Å²) >= 11 is 0. The van der Waals surface area contributed by atoms with E-state index >= 15 is 0 Å². The van der Waals surface area contributed by atoms with E-state index < -0.39 is 64.9 Å². The molecule has 0 heterocycles. The average molecular weight is 519 g/mol. The molecular formula is C28H38O9. The van der Waals surface area contributed by atoms with E-state index in [9.17, 15) is 24.0 Å². The van der Waals surface area contributed by atoms with Gasteiger partial charge in [0.2, 0.25) is 0 Å². The van der Waals surface area contributed by atoms with Gasteiger partial charge in [-0.25, -0.2) is 0 Å². The van der Waals surface area contributed by atoms with Crippen molar-refractivity contribution in [2.45, 2.75) is 92.0 Å². The van der Waals surface area contributed by atoms with Crippen LogP contribution in [0, 0.1) is 34.0 Å². The Kier molecular flexibility index (Phi) is 6.82.